The monoisotopic (exact) mass is 527 g/mol. The van der Waals surface area contributed by atoms with Gasteiger partial charge in [-0.1, -0.05) is 19.1 Å². The number of aliphatic hydroxyl groups excluding tert-OH is 1. The maximum Gasteiger partial charge on any atom is 0.253 e. The number of sulfonamides is 1. The fourth-order valence-corrected chi connectivity index (χ4v) is 6.19. The van der Waals surface area contributed by atoms with Crippen molar-refractivity contribution in [3.05, 3.63) is 78.4 Å². The van der Waals surface area contributed by atoms with Gasteiger partial charge in [-0.15, -0.1) is 0 Å². The number of fused-ring (bicyclic) bond motifs is 1. The summed E-state index contributed by atoms with van der Waals surface area (Å²) < 4.78 is 48.6. The number of ether oxygens (including phenoxy) is 1. The zero-order valence-corrected chi connectivity index (χ0v) is 21.7. The van der Waals surface area contributed by atoms with Crippen molar-refractivity contribution in [1.29, 1.82) is 0 Å². The van der Waals surface area contributed by atoms with Crippen LogP contribution in [0.2, 0.25) is 0 Å². The van der Waals surface area contributed by atoms with Crippen molar-refractivity contribution in [3.8, 4) is 16.9 Å². The molecule has 1 amide bonds. The lowest BCUT2D eigenvalue weighted by molar-refractivity contribution is 0.0563. The van der Waals surface area contributed by atoms with Gasteiger partial charge in [0, 0.05) is 43.5 Å². The molecule has 0 radical (unpaired) electrons. The van der Waals surface area contributed by atoms with Crippen LogP contribution in [0.1, 0.15) is 24.2 Å². The molecule has 0 spiro atoms. The zero-order valence-electron chi connectivity index (χ0n) is 20.9. The quantitative estimate of drug-likeness (QED) is 0.527. The number of aromatic nitrogens is 1. The molecular weight excluding hydrogens is 497 g/mol. The normalized spacial score (nSPS) is 20.1. The van der Waals surface area contributed by atoms with Gasteiger partial charge < -0.3 is 14.7 Å². The van der Waals surface area contributed by atoms with Crippen LogP contribution in [-0.2, 0) is 10.0 Å². The van der Waals surface area contributed by atoms with Gasteiger partial charge >= 0.3 is 0 Å². The van der Waals surface area contributed by atoms with Crippen molar-refractivity contribution in [2.24, 2.45) is 5.92 Å². The van der Waals surface area contributed by atoms with Crippen LogP contribution in [0.3, 0.4) is 0 Å². The van der Waals surface area contributed by atoms with E-state index in [1.807, 2.05) is 19.1 Å². The predicted octanol–water partition coefficient (Wildman–Crippen LogP) is 3.43. The minimum atomic E-state index is -3.99. The van der Waals surface area contributed by atoms with E-state index in [2.05, 4.69) is 4.98 Å². The van der Waals surface area contributed by atoms with E-state index in [1.165, 1.54) is 39.5 Å². The number of aliphatic hydroxyl groups is 1. The minimum absolute atomic E-state index is 0.0124. The molecule has 1 aliphatic heterocycles. The van der Waals surface area contributed by atoms with E-state index in [0.29, 0.717) is 0 Å². The number of benzene rings is 2. The second-order valence-corrected chi connectivity index (χ2v) is 11.2. The Morgan fingerprint density at radius 3 is 2.59 bits per heavy atom. The van der Waals surface area contributed by atoms with E-state index in [0.717, 1.165) is 11.1 Å². The second kappa shape index (κ2) is 11.0. The van der Waals surface area contributed by atoms with Gasteiger partial charge in [-0.3, -0.25) is 9.78 Å². The summed E-state index contributed by atoms with van der Waals surface area (Å²) in [5, 5.41) is 9.81. The van der Waals surface area contributed by atoms with Crippen LogP contribution in [0.25, 0.3) is 11.1 Å². The number of amides is 1. The summed E-state index contributed by atoms with van der Waals surface area (Å²) in [6, 6.07) is 13.3. The van der Waals surface area contributed by atoms with Gasteiger partial charge in [0.05, 0.1) is 13.2 Å². The highest BCUT2D eigenvalue weighted by atomic mass is 32.2. The topological polar surface area (TPSA) is 100 Å². The van der Waals surface area contributed by atoms with Crippen LogP contribution in [-0.4, -0.2) is 72.5 Å². The van der Waals surface area contributed by atoms with Crippen molar-refractivity contribution in [1.82, 2.24) is 14.2 Å². The van der Waals surface area contributed by atoms with Crippen molar-refractivity contribution in [2.75, 3.05) is 26.7 Å². The lowest BCUT2D eigenvalue weighted by atomic mass is 10.0. The number of rotatable bonds is 6. The number of hydrogen-bond donors (Lipinski definition) is 1. The standard InChI is InChI=1S/C27H30FN3O5S/c1-18-15-31(19(2)17-32)37(34,35)26-8-7-21(20-9-11-29-12-10-20)14-24(26)36-25(18)16-30(3)27(33)22-5-4-6-23(28)13-22/h4-14,18-19,25,32H,15-17H2,1-3H3/t18-,19-,25+/m0/s1. The second-order valence-electron chi connectivity index (χ2n) is 9.33. The molecule has 1 aromatic heterocycles. The number of likely N-dealkylation sites (N-methyl/N-ethyl adjacent to an activating group) is 1. The highest BCUT2D eigenvalue weighted by molar-refractivity contribution is 7.89. The zero-order chi connectivity index (χ0) is 26.7. The van der Waals surface area contributed by atoms with Crippen molar-refractivity contribution in [2.45, 2.75) is 30.9 Å². The molecule has 2 aromatic carbocycles. The summed E-state index contributed by atoms with van der Waals surface area (Å²) in [5.41, 5.74) is 1.79. The minimum Gasteiger partial charge on any atom is -0.487 e. The Morgan fingerprint density at radius 2 is 1.92 bits per heavy atom. The molecule has 3 atom stereocenters. The predicted molar refractivity (Wildman–Crippen MR) is 137 cm³/mol. The molecule has 0 saturated carbocycles. The fourth-order valence-electron chi connectivity index (χ4n) is 4.36. The lowest BCUT2D eigenvalue weighted by Gasteiger charge is -2.37. The van der Waals surface area contributed by atoms with Crippen LogP contribution in [0, 0.1) is 11.7 Å². The number of halogens is 1. The van der Waals surface area contributed by atoms with Gasteiger partial charge in [-0.25, -0.2) is 12.8 Å². The van der Waals surface area contributed by atoms with Gasteiger partial charge in [-0.05, 0) is 60.5 Å². The molecule has 0 aliphatic carbocycles. The number of hydrogen-bond acceptors (Lipinski definition) is 6. The van der Waals surface area contributed by atoms with Crippen LogP contribution < -0.4 is 4.74 Å². The molecule has 37 heavy (non-hydrogen) atoms. The lowest BCUT2D eigenvalue weighted by Crippen LogP contribution is -2.50. The summed E-state index contributed by atoms with van der Waals surface area (Å²) >= 11 is 0. The number of carbonyl (C=O) groups is 1. The van der Waals surface area contributed by atoms with Gasteiger partial charge in [0.2, 0.25) is 10.0 Å². The average molecular weight is 528 g/mol. The van der Waals surface area contributed by atoms with E-state index in [9.17, 15) is 22.7 Å². The van der Waals surface area contributed by atoms with Crippen LogP contribution in [0.4, 0.5) is 4.39 Å². The van der Waals surface area contributed by atoms with Crippen LogP contribution in [0.5, 0.6) is 5.75 Å². The fraction of sp³-hybridized carbons (Fsp3) is 0.333. The number of carbonyl (C=O) groups excluding carboxylic acids is 1. The third-order valence-corrected chi connectivity index (χ3v) is 8.57. The first-order valence-electron chi connectivity index (χ1n) is 12.0. The largest absolute Gasteiger partial charge is 0.487 e. The molecule has 2 heterocycles. The van der Waals surface area contributed by atoms with E-state index in [1.54, 1.807) is 38.5 Å². The highest BCUT2D eigenvalue weighted by Crippen LogP contribution is 2.36. The summed E-state index contributed by atoms with van der Waals surface area (Å²) in [7, 11) is -2.39. The van der Waals surface area contributed by atoms with E-state index in [4.69, 9.17) is 4.74 Å². The Morgan fingerprint density at radius 1 is 1.19 bits per heavy atom. The Hall–Kier alpha value is -3.34. The van der Waals surface area contributed by atoms with Gasteiger partial charge in [0.15, 0.2) is 0 Å². The first kappa shape index (κ1) is 26.7. The van der Waals surface area contributed by atoms with E-state index in [-0.39, 0.29) is 47.7 Å². The Kier molecular flexibility index (Phi) is 7.91. The highest BCUT2D eigenvalue weighted by Gasteiger charge is 2.38. The van der Waals surface area contributed by atoms with E-state index >= 15 is 0 Å². The third-order valence-electron chi connectivity index (χ3n) is 6.55. The number of pyridine rings is 1. The molecule has 196 valence electrons. The van der Waals surface area contributed by atoms with Crippen LogP contribution in [0.15, 0.2) is 71.9 Å². The maximum absolute atomic E-state index is 13.7. The molecule has 8 nitrogen and oxygen atoms in total. The molecule has 0 saturated heterocycles. The summed E-state index contributed by atoms with van der Waals surface area (Å²) in [4.78, 5) is 18.5. The summed E-state index contributed by atoms with van der Waals surface area (Å²) in [5.74, 6) is -1.07. The van der Waals surface area contributed by atoms with Crippen molar-refractivity contribution < 1.29 is 27.4 Å². The maximum atomic E-state index is 13.7. The molecule has 4 rings (SSSR count). The molecule has 0 unspecified atom stereocenters. The Balaban J connectivity index is 1.74. The van der Waals surface area contributed by atoms with Gasteiger partial charge in [0.25, 0.3) is 5.91 Å². The van der Waals surface area contributed by atoms with Gasteiger partial charge in [0.1, 0.15) is 22.6 Å². The Labute approximate surface area is 216 Å². The molecule has 1 aliphatic rings. The first-order chi connectivity index (χ1) is 17.6. The Bertz CT molecular complexity index is 1370. The number of nitrogens with zero attached hydrogens (tertiary/aromatic N) is 3. The first-order valence-corrected chi connectivity index (χ1v) is 13.4. The van der Waals surface area contributed by atoms with Gasteiger partial charge in [-0.2, -0.15) is 4.31 Å². The molecule has 10 heteroatoms. The molecule has 3 aromatic rings. The molecule has 0 bridgehead atoms. The summed E-state index contributed by atoms with van der Waals surface area (Å²) in [6.45, 7) is 3.36. The van der Waals surface area contributed by atoms with Crippen LogP contribution >= 0.6 is 0 Å². The summed E-state index contributed by atoms with van der Waals surface area (Å²) in [6.07, 6.45) is 2.70. The third kappa shape index (κ3) is 5.66. The SMILES string of the molecule is C[C@H]1CN([C@@H](C)CO)S(=O)(=O)c2ccc(-c3ccncc3)cc2O[C@@H]1CN(C)C(=O)c1cccc(F)c1. The molecule has 1 N–H and O–H groups in total. The average Bonchev–Trinajstić information content (AvgIpc) is 2.90. The molecular formula is C27H30FN3O5S. The van der Waals surface area contributed by atoms with Crippen molar-refractivity contribution in [3.63, 3.8) is 0 Å². The van der Waals surface area contributed by atoms with Crippen molar-refractivity contribution >= 4 is 15.9 Å². The smallest absolute Gasteiger partial charge is 0.253 e. The van der Waals surface area contributed by atoms with E-state index < -0.39 is 28.0 Å². The molecule has 0 fully saturated rings.